The van der Waals surface area contributed by atoms with Gasteiger partial charge < -0.3 is 14.9 Å². The van der Waals surface area contributed by atoms with Gasteiger partial charge in [-0.15, -0.1) is 0 Å². The van der Waals surface area contributed by atoms with E-state index in [0.717, 1.165) is 19.3 Å². The van der Waals surface area contributed by atoms with Crippen LogP contribution in [0, 0.1) is 16.7 Å². The number of aliphatic hydroxyl groups excluding tert-OH is 1. The highest BCUT2D eigenvalue weighted by Crippen LogP contribution is 2.44. The van der Waals surface area contributed by atoms with E-state index in [1.807, 2.05) is 28.0 Å². The van der Waals surface area contributed by atoms with Crippen LogP contribution in [0.15, 0.2) is 54.6 Å². The Hall–Kier alpha value is -3.17. The highest BCUT2D eigenvalue weighted by molar-refractivity contribution is 5.95. The summed E-state index contributed by atoms with van der Waals surface area (Å²) in [5.74, 6) is -0.103. The first kappa shape index (κ1) is 20.1. The summed E-state index contributed by atoms with van der Waals surface area (Å²) in [6.45, 7) is 1.78. The van der Waals surface area contributed by atoms with E-state index < -0.39 is 0 Å². The van der Waals surface area contributed by atoms with Crippen molar-refractivity contribution < 1.29 is 14.7 Å². The predicted molar refractivity (Wildman–Crippen MR) is 112 cm³/mol. The second kappa shape index (κ2) is 8.29. The van der Waals surface area contributed by atoms with Crippen molar-refractivity contribution in [1.82, 2.24) is 9.80 Å². The third-order valence-corrected chi connectivity index (χ3v) is 6.46. The zero-order valence-corrected chi connectivity index (χ0v) is 16.8. The van der Waals surface area contributed by atoms with Crippen LogP contribution in [-0.2, 0) is 0 Å². The fourth-order valence-corrected chi connectivity index (χ4v) is 4.76. The highest BCUT2D eigenvalue weighted by atomic mass is 16.3. The molecule has 2 aliphatic heterocycles. The number of nitriles is 1. The Morgan fingerprint density at radius 3 is 2.40 bits per heavy atom. The van der Waals surface area contributed by atoms with Gasteiger partial charge in [-0.3, -0.25) is 9.59 Å². The first-order chi connectivity index (χ1) is 14.5. The summed E-state index contributed by atoms with van der Waals surface area (Å²) >= 11 is 0. The summed E-state index contributed by atoms with van der Waals surface area (Å²) < 4.78 is 0. The minimum atomic E-state index is -0.188. The number of hydrogen-bond donors (Lipinski definition) is 1. The second-order valence-electron chi connectivity index (χ2n) is 8.32. The lowest BCUT2D eigenvalue weighted by Crippen LogP contribution is -2.44. The first-order valence-electron chi connectivity index (χ1n) is 10.3. The number of carbonyl (C=O) groups excluding carboxylic acids is 2. The fourth-order valence-electron chi connectivity index (χ4n) is 4.76. The third-order valence-electron chi connectivity index (χ3n) is 6.46. The SMILES string of the molecule is N#Cc1cccc(C(=O)N2CCC3(CC2)C[C@H](CO)N(C(=O)c2ccccc2)C3)c1. The molecule has 2 heterocycles. The summed E-state index contributed by atoms with van der Waals surface area (Å²) in [6.07, 6.45) is 2.35. The molecule has 2 aromatic carbocycles. The molecule has 154 valence electrons. The zero-order chi connectivity index (χ0) is 21.1. The number of hydrogen-bond acceptors (Lipinski definition) is 4. The number of aliphatic hydroxyl groups is 1. The summed E-state index contributed by atoms with van der Waals surface area (Å²) in [7, 11) is 0. The van der Waals surface area contributed by atoms with E-state index in [2.05, 4.69) is 6.07 Å². The van der Waals surface area contributed by atoms with Crippen molar-refractivity contribution in [3.63, 3.8) is 0 Å². The Labute approximate surface area is 176 Å². The summed E-state index contributed by atoms with van der Waals surface area (Å²) in [6, 6.07) is 17.9. The lowest BCUT2D eigenvalue weighted by molar-refractivity contribution is 0.0559. The van der Waals surface area contributed by atoms with E-state index in [-0.39, 0.29) is 29.9 Å². The van der Waals surface area contributed by atoms with E-state index in [0.29, 0.717) is 36.3 Å². The molecule has 0 saturated carbocycles. The van der Waals surface area contributed by atoms with Gasteiger partial charge >= 0.3 is 0 Å². The van der Waals surface area contributed by atoms with Crippen LogP contribution < -0.4 is 0 Å². The molecule has 0 unspecified atom stereocenters. The lowest BCUT2D eigenvalue weighted by atomic mass is 9.76. The zero-order valence-electron chi connectivity index (χ0n) is 16.8. The second-order valence-corrected chi connectivity index (χ2v) is 8.32. The molecule has 0 aromatic heterocycles. The molecule has 6 nitrogen and oxygen atoms in total. The van der Waals surface area contributed by atoms with Gasteiger partial charge in [-0.1, -0.05) is 24.3 Å². The van der Waals surface area contributed by atoms with Crippen LogP contribution in [0.4, 0.5) is 0 Å². The molecule has 2 fully saturated rings. The largest absolute Gasteiger partial charge is 0.394 e. The molecule has 2 saturated heterocycles. The Morgan fingerprint density at radius 2 is 1.73 bits per heavy atom. The van der Waals surface area contributed by atoms with Gasteiger partial charge in [0.2, 0.25) is 0 Å². The number of carbonyl (C=O) groups is 2. The highest BCUT2D eigenvalue weighted by Gasteiger charge is 2.47. The van der Waals surface area contributed by atoms with Crippen molar-refractivity contribution in [1.29, 1.82) is 5.26 Å². The molecule has 2 aliphatic rings. The van der Waals surface area contributed by atoms with Crippen LogP contribution in [0.3, 0.4) is 0 Å². The molecule has 1 N–H and O–H groups in total. The third kappa shape index (κ3) is 3.81. The average molecular weight is 403 g/mol. The normalized spacial score (nSPS) is 20.2. The minimum Gasteiger partial charge on any atom is -0.394 e. The van der Waals surface area contributed by atoms with Crippen molar-refractivity contribution >= 4 is 11.8 Å². The van der Waals surface area contributed by atoms with E-state index >= 15 is 0 Å². The van der Waals surface area contributed by atoms with Crippen LogP contribution in [0.5, 0.6) is 0 Å². The van der Waals surface area contributed by atoms with E-state index in [1.54, 1.807) is 36.4 Å². The van der Waals surface area contributed by atoms with Gasteiger partial charge in [-0.25, -0.2) is 0 Å². The molecule has 2 aromatic rings. The van der Waals surface area contributed by atoms with Gasteiger partial charge in [0.25, 0.3) is 11.8 Å². The number of benzene rings is 2. The van der Waals surface area contributed by atoms with Crippen LogP contribution >= 0.6 is 0 Å². The molecule has 2 amide bonds. The summed E-state index contributed by atoms with van der Waals surface area (Å²) in [5, 5.41) is 19.0. The van der Waals surface area contributed by atoms with Gasteiger partial charge in [0.1, 0.15) is 0 Å². The Bertz CT molecular complexity index is 975. The van der Waals surface area contributed by atoms with Crippen LogP contribution in [0.25, 0.3) is 0 Å². The topological polar surface area (TPSA) is 84.6 Å². The number of rotatable bonds is 3. The van der Waals surface area contributed by atoms with Crippen molar-refractivity contribution in [2.45, 2.75) is 25.3 Å². The summed E-state index contributed by atoms with van der Waals surface area (Å²) in [4.78, 5) is 29.5. The molecule has 30 heavy (non-hydrogen) atoms. The lowest BCUT2D eigenvalue weighted by Gasteiger charge is -2.39. The molecule has 0 radical (unpaired) electrons. The minimum absolute atomic E-state index is 0.0432. The average Bonchev–Trinajstić information content (AvgIpc) is 3.17. The quantitative estimate of drug-likeness (QED) is 0.854. The molecule has 1 atom stereocenters. The van der Waals surface area contributed by atoms with Crippen LogP contribution in [0.2, 0.25) is 0 Å². The Balaban J connectivity index is 1.44. The maximum atomic E-state index is 13.0. The maximum Gasteiger partial charge on any atom is 0.254 e. The van der Waals surface area contributed by atoms with Crippen molar-refractivity contribution in [2.24, 2.45) is 5.41 Å². The standard InChI is InChI=1S/C24H25N3O3/c25-15-18-5-4-8-20(13-18)22(29)26-11-9-24(10-12-26)14-21(16-28)27(17-24)23(30)19-6-2-1-3-7-19/h1-8,13,21,28H,9-12,14,16-17H2/t21-/m1/s1. The Morgan fingerprint density at radius 1 is 1.03 bits per heavy atom. The molecular formula is C24H25N3O3. The fraction of sp³-hybridized carbons (Fsp3) is 0.375. The van der Waals surface area contributed by atoms with E-state index in [4.69, 9.17) is 5.26 Å². The number of piperidine rings is 1. The molecule has 6 heteroatoms. The van der Waals surface area contributed by atoms with Gasteiger partial charge in [0.05, 0.1) is 24.3 Å². The van der Waals surface area contributed by atoms with Crippen molar-refractivity contribution in [3.8, 4) is 6.07 Å². The maximum absolute atomic E-state index is 13.0. The van der Waals surface area contributed by atoms with E-state index in [1.165, 1.54) is 0 Å². The first-order valence-corrected chi connectivity index (χ1v) is 10.3. The number of likely N-dealkylation sites (tertiary alicyclic amines) is 2. The number of nitrogens with zero attached hydrogens (tertiary/aromatic N) is 3. The molecular weight excluding hydrogens is 378 g/mol. The van der Waals surface area contributed by atoms with Crippen LogP contribution in [0.1, 0.15) is 45.5 Å². The smallest absolute Gasteiger partial charge is 0.254 e. The van der Waals surface area contributed by atoms with Gasteiger partial charge in [-0.05, 0) is 55.0 Å². The predicted octanol–water partition coefficient (Wildman–Crippen LogP) is 2.69. The van der Waals surface area contributed by atoms with Gasteiger partial charge in [0, 0.05) is 30.8 Å². The van der Waals surface area contributed by atoms with Crippen LogP contribution in [-0.4, -0.2) is 59.0 Å². The molecule has 0 bridgehead atoms. The van der Waals surface area contributed by atoms with Gasteiger partial charge in [0.15, 0.2) is 0 Å². The molecule has 0 aliphatic carbocycles. The summed E-state index contributed by atoms with van der Waals surface area (Å²) in [5.41, 5.74) is 1.58. The van der Waals surface area contributed by atoms with Crippen molar-refractivity contribution in [3.05, 3.63) is 71.3 Å². The molecule has 4 rings (SSSR count). The van der Waals surface area contributed by atoms with Crippen molar-refractivity contribution in [2.75, 3.05) is 26.2 Å². The Kier molecular flexibility index (Phi) is 5.56. The monoisotopic (exact) mass is 403 g/mol. The molecule has 1 spiro atoms. The van der Waals surface area contributed by atoms with E-state index in [9.17, 15) is 14.7 Å². The number of amides is 2. The van der Waals surface area contributed by atoms with Gasteiger partial charge in [-0.2, -0.15) is 5.26 Å².